The van der Waals surface area contributed by atoms with Crippen LogP contribution in [-0.2, 0) is 7.05 Å². The van der Waals surface area contributed by atoms with Crippen LogP contribution in [0.2, 0.25) is 0 Å². The molecule has 0 atom stereocenters. The third-order valence-electron chi connectivity index (χ3n) is 4.16. The van der Waals surface area contributed by atoms with E-state index in [0.29, 0.717) is 18.8 Å². The lowest BCUT2D eigenvalue weighted by Gasteiger charge is -2.05. The van der Waals surface area contributed by atoms with Gasteiger partial charge in [0.2, 0.25) is 5.71 Å². The van der Waals surface area contributed by atoms with Gasteiger partial charge in [-0.1, -0.05) is 23.5 Å². The van der Waals surface area contributed by atoms with Crippen molar-refractivity contribution in [2.45, 2.75) is 6.92 Å². The quantitative estimate of drug-likeness (QED) is 0.513. The van der Waals surface area contributed by atoms with Gasteiger partial charge in [-0.25, -0.2) is 9.97 Å². The Labute approximate surface area is 157 Å². The number of hydrogen-bond donors (Lipinski definition) is 2. The van der Waals surface area contributed by atoms with Crippen LogP contribution in [0.4, 0.5) is 5.13 Å². The lowest BCUT2D eigenvalue weighted by molar-refractivity contribution is 0.0955. The van der Waals surface area contributed by atoms with Crippen LogP contribution in [0.15, 0.2) is 39.8 Å². The first kappa shape index (κ1) is 17.2. The van der Waals surface area contributed by atoms with Gasteiger partial charge in [-0.05, 0) is 19.1 Å². The molecule has 9 heteroatoms. The van der Waals surface area contributed by atoms with Gasteiger partial charge in [-0.15, -0.1) is 0 Å². The number of hydrogen-bond acceptors (Lipinski definition) is 7. The van der Waals surface area contributed by atoms with E-state index in [0.717, 1.165) is 15.3 Å². The van der Waals surface area contributed by atoms with Crippen molar-refractivity contribution < 1.29 is 9.21 Å². The summed E-state index contributed by atoms with van der Waals surface area (Å²) in [4.78, 5) is 33.4. The number of thiazole rings is 1. The van der Waals surface area contributed by atoms with E-state index in [-0.39, 0.29) is 28.1 Å². The van der Waals surface area contributed by atoms with Crippen molar-refractivity contribution in [1.82, 2.24) is 19.9 Å². The van der Waals surface area contributed by atoms with Gasteiger partial charge in [-0.2, -0.15) is 0 Å². The number of furan rings is 1. The molecule has 0 aliphatic carbocycles. The third kappa shape index (κ3) is 3.17. The van der Waals surface area contributed by atoms with Gasteiger partial charge in [0.15, 0.2) is 5.13 Å². The Morgan fingerprint density at radius 3 is 2.93 bits per heavy atom. The number of aryl methyl sites for hydroxylation is 2. The summed E-state index contributed by atoms with van der Waals surface area (Å²) in [6.45, 7) is 2.54. The van der Waals surface area contributed by atoms with E-state index in [1.807, 2.05) is 24.3 Å². The zero-order valence-electron chi connectivity index (χ0n) is 14.8. The molecule has 3 aromatic heterocycles. The van der Waals surface area contributed by atoms with Crippen LogP contribution in [0.3, 0.4) is 0 Å². The summed E-state index contributed by atoms with van der Waals surface area (Å²) in [5.74, 6) is 0.0138. The molecule has 0 bridgehead atoms. The lowest BCUT2D eigenvalue weighted by atomic mass is 10.2. The van der Waals surface area contributed by atoms with Crippen molar-refractivity contribution in [3.05, 3.63) is 52.3 Å². The van der Waals surface area contributed by atoms with Crippen LogP contribution in [0.25, 0.3) is 21.3 Å². The number of benzene rings is 1. The predicted octanol–water partition coefficient (Wildman–Crippen LogP) is 2.29. The maximum atomic E-state index is 12.6. The Hall–Kier alpha value is -3.20. The average molecular weight is 383 g/mol. The molecule has 0 spiro atoms. The second-order valence-corrected chi connectivity index (χ2v) is 7.07. The van der Waals surface area contributed by atoms with Gasteiger partial charge in [-0.3, -0.25) is 9.59 Å². The summed E-state index contributed by atoms with van der Waals surface area (Å²) < 4.78 is 7.88. The fourth-order valence-corrected chi connectivity index (χ4v) is 3.73. The molecular formula is C18H17N5O3S. The zero-order valence-corrected chi connectivity index (χ0v) is 15.6. The van der Waals surface area contributed by atoms with Crippen LogP contribution < -0.4 is 16.2 Å². The molecule has 0 radical (unpaired) electrons. The van der Waals surface area contributed by atoms with Gasteiger partial charge >= 0.3 is 0 Å². The number of amides is 1. The first-order valence-electron chi connectivity index (χ1n) is 8.37. The van der Waals surface area contributed by atoms with Crippen molar-refractivity contribution >= 4 is 43.7 Å². The van der Waals surface area contributed by atoms with Crippen LogP contribution >= 0.6 is 11.3 Å². The molecule has 1 amide bonds. The summed E-state index contributed by atoms with van der Waals surface area (Å²) in [6.07, 6.45) is 1.37. The maximum absolute atomic E-state index is 12.6. The van der Waals surface area contributed by atoms with Crippen LogP contribution in [-0.4, -0.2) is 33.5 Å². The Morgan fingerprint density at radius 2 is 2.11 bits per heavy atom. The average Bonchev–Trinajstić information content (AvgIpc) is 3.22. The van der Waals surface area contributed by atoms with E-state index in [2.05, 4.69) is 20.6 Å². The summed E-state index contributed by atoms with van der Waals surface area (Å²) in [7, 11) is 1.58. The number of rotatable bonds is 5. The Bertz CT molecular complexity index is 1170. The highest BCUT2D eigenvalue weighted by Crippen LogP contribution is 2.25. The van der Waals surface area contributed by atoms with Crippen LogP contribution in [0.1, 0.15) is 16.1 Å². The molecule has 0 aliphatic heterocycles. The number of nitrogens with zero attached hydrogens (tertiary/aromatic N) is 3. The predicted molar refractivity (Wildman–Crippen MR) is 104 cm³/mol. The van der Waals surface area contributed by atoms with Crippen LogP contribution in [0, 0.1) is 6.92 Å². The monoisotopic (exact) mass is 383 g/mol. The van der Waals surface area contributed by atoms with Gasteiger partial charge in [0, 0.05) is 20.1 Å². The highest BCUT2D eigenvalue weighted by atomic mass is 32.1. The standard InChI is InChI=1S/C18H17N5O3S/c1-10-13(14-16(26-10)21-9-23(2)17(14)25)15(24)19-7-8-20-18-22-11-5-3-4-6-12(11)27-18/h3-6,9H,7-8H2,1-2H3,(H,19,24)(H,20,22). The first-order valence-corrected chi connectivity index (χ1v) is 9.18. The number of aromatic nitrogens is 3. The van der Waals surface area contributed by atoms with Crippen LogP contribution in [0.5, 0.6) is 0 Å². The number of anilines is 1. The molecule has 27 heavy (non-hydrogen) atoms. The molecule has 1 aromatic carbocycles. The molecule has 4 aromatic rings. The van der Waals surface area contributed by atoms with Gasteiger partial charge < -0.3 is 19.6 Å². The van der Waals surface area contributed by atoms with E-state index < -0.39 is 0 Å². The second kappa shape index (κ2) is 6.84. The van der Waals surface area contributed by atoms with Crippen molar-refractivity contribution in [3.8, 4) is 0 Å². The Kier molecular flexibility index (Phi) is 4.36. The molecular weight excluding hydrogens is 366 g/mol. The number of carbonyl (C=O) groups excluding carboxylic acids is 1. The largest absolute Gasteiger partial charge is 0.442 e. The van der Waals surface area contributed by atoms with Crippen molar-refractivity contribution in [2.75, 3.05) is 18.4 Å². The van der Waals surface area contributed by atoms with E-state index in [1.165, 1.54) is 10.9 Å². The highest BCUT2D eigenvalue weighted by Gasteiger charge is 2.22. The maximum Gasteiger partial charge on any atom is 0.265 e. The SMILES string of the molecule is Cc1oc2ncn(C)c(=O)c2c1C(=O)NCCNc1nc2ccccc2s1. The number of carbonyl (C=O) groups is 1. The summed E-state index contributed by atoms with van der Waals surface area (Å²) >= 11 is 1.56. The summed E-state index contributed by atoms with van der Waals surface area (Å²) in [5.41, 5.74) is 1.04. The molecule has 0 aliphatic rings. The molecule has 0 unspecified atom stereocenters. The van der Waals surface area contributed by atoms with E-state index >= 15 is 0 Å². The number of para-hydroxylation sites is 1. The first-order chi connectivity index (χ1) is 13.0. The molecule has 138 valence electrons. The van der Waals surface area contributed by atoms with Gasteiger partial charge in [0.05, 0.1) is 15.8 Å². The molecule has 3 heterocycles. The van der Waals surface area contributed by atoms with E-state index in [4.69, 9.17) is 4.42 Å². The van der Waals surface area contributed by atoms with Gasteiger partial charge in [0.1, 0.15) is 17.5 Å². The Balaban J connectivity index is 1.44. The Morgan fingerprint density at radius 1 is 1.30 bits per heavy atom. The number of fused-ring (bicyclic) bond motifs is 2. The summed E-state index contributed by atoms with van der Waals surface area (Å²) in [5, 5.41) is 7.01. The van der Waals surface area contributed by atoms with E-state index in [9.17, 15) is 9.59 Å². The molecule has 2 N–H and O–H groups in total. The topological polar surface area (TPSA) is 102 Å². The molecule has 8 nitrogen and oxygen atoms in total. The number of nitrogens with one attached hydrogen (secondary N) is 2. The second-order valence-electron chi connectivity index (χ2n) is 6.04. The molecule has 0 saturated carbocycles. The molecule has 4 rings (SSSR count). The minimum Gasteiger partial charge on any atom is -0.442 e. The normalized spacial score (nSPS) is 11.2. The fourth-order valence-electron chi connectivity index (χ4n) is 2.84. The third-order valence-corrected chi connectivity index (χ3v) is 5.15. The summed E-state index contributed by atoms with van der Waals surface area (Å²) in [6, 6.07) is 7.89. The van der Waals surface area contributed by atoms with Crippen molar-refractivity contribution in [1.29, 1.82) is 0 Å². The fraction of sp³-hybridized carbons (Fsp3) is 0.222. The minimum absolute atomic E-state index is 0.174. The van der Waals surface area contributed by atoms with E-state index in [1.54, 1.807) is 25.3 Å². The zero-order chi connectivity index (χ0) is 19.0. The highest BCUT2D eigenvalue weighted by molar-refractivity contribution is 7.22. The minimum atomic E-state index is -0.359. The van der Waals surface area contributed by atoms with Crippen molar-refractivity contribution in [3.63, 3.8) is 0 Å². The smallest absolute Gasteiger partial charge is 0.265 e. The van der Waals surface area contributed by atoms with Crippen molar-refractivity contribution in [2.24, 2.45) is 7.05 Å². The molecule has 0 saturated heterocycles. The molecule has 0 fully saturated rings. The van der Waals surface area contributed by atoms with Gasteiger partial charge in [0.25, 0.3) is 11.5 Å². The lowest BCUT2D eigenvalue weighted by Crippen LogP contribution is -2.30.